The summed E-state index contributed by atoms with van der Waals surface area (Å²) in [5.74, 6) is 0.394. The van der Waals surface area contributed by atoms with Crippen LogP contribution in [0.2, 0.25) is 0 Å². The number of rotatable bonds is 2. The Morgan fingerprint density at radius 1 is 0.962 bits per heavy atom. The van der Waals surface area contributed by atoms with Gasteiger partial charge in [0, 0.05) is 11.4 Å². The van der Waals surface area contributed by atoms with Crippen molar-refractivity contribution in [1.29, 1.82) is 0 Å². The highest BCUT2D eigenvalue weighted by Crippen LogP contribution is 2.11. The summed E-state index contributed by atoms with van der Waals surface area (Å²) in [5.41, 5.74) is 8.64. The fraction of sp³-hybridized carbons (Fsp3) is 0.105. The van der Waals surface area contributed by atoms with E-state index in [0.29, 0.717) is 11.6 Å². The molecule has 2 amide bonds. The Morgan fingerprint density at radius 2 is 1.62 bits per heavy atom. The lowest BCUT2D eigenvalue weighted by atomic mass is 10.3. The summed E-state index contributed by atoms with van der Waals surface area (Å²) in [6.45, 7) is 3.82. The molecular formula is C19H20N6O. The van der Waals surface area contributed by atoms with Crippen LogP contribution in [0.5, 0.6) is 0 Å². The standard InChI is InChI=1S/C19H20N6O/c1-14-13-15(2)25(24-14)18(20-16-9-5-3-6-10-16)22-23-19(26)21-17-11-7-4-8-12-17/h3-13H,1-2H3,(H,20,22)(H2,21,23,26). The van der Waals surface area contributed by atoms with Gasteiger partial charge in [-0.05, 0) is 44.2 Å². The van der Waals surface area contributed by atoms with Crippen LogP contribution in [0, 0.1) is 13.8 Å². The van der Waals surface area contributed by atoms with Crippen molar-refractivity contribution >= 4 is 23.4 Å². The molecule has 132 valence electrons. The topological polar surface area (TPSA) is 83.3 Å². The van der Waals surface area contributed by atoms with Crippen molar-refractivity contribution in [2.75, 3.05) is 5.32 Å². The van der Waals surface area contributed by atoms with Crippen molar-refractivity contribution in [1.82, 2.24) is 20.6 Å². The zero-order valence-corrected chi connectivity index (χ0v) is 14.6. The van der Waals surface area contributed by atoms with Crippen molar-refractivity contribution < 1.29 is 4.79 Å². The van der Waals surface area contributed by atoms with E-state index in [4.69, 9.17) is 0 Å². The second-order valence-electron chi connectivity index (χ2n) is 5.68. The van der Waals surface area contributed by atoms with Crippen molar-refractivity contribution in [3.05, 3.63) is 78.1 Å². The van der Waals surface area contributed by atoms with Gasteiger partial charge in [0.1, 0.15) is 0 Å². The SMILES string of the molecule is Cc1cc(C)n(C(=Nc2ccccc2)NNC(=O)Nc2ccccc2)n1. The molecular weight excluding hydrogens is 328 g/mol. The van der Waals surface area contributed by atoms with Gasteiger partial charge in [-0.25, -0.2) is 19.9 Å². The van der Waals surface area contributed by atoms with Crippen LogP contribution in [0.3, 0.4) is 0 Å². The Morgan fingerprint density at radius 3 is 2.23 bits per heavy atom. The van der Waals surface area contributed by atoms with Crippen LogP contribution in [0.15, 0.2) is 71.7 Å². The van der Waals surface area contributed by atoms with Gasteiger partial charge in [0.05, 0.1) is 11.4 Å². The van der Waals surface area contributed by atoms with Crippen molar-refractivity contribution in [3.63, 3.8) is 0 Å². The van der Waals surface area contributed by atoms with Gasteiger partial charge in [-0.1, -0.05) is 36.4 Å². The molecule has 0 fully saturated rings. The number of benzene rings is 2. The summed E-state index contributed by atoms with van der Waals surface area (Å²) in [6.07, 6.45) is 0. The van der Waals surface area contributed by atoms with Gasteiger partial charge in [-0.3, -0.25) is 5.43 Å². The number of para-hydroxylation sites is 2. The van der Waals surface area contributed by atoms with Crippen molar-refractivity contribution in [3.8, 4) is 0 Å². The summed E-state index contributed by atoms with van der Waals surface area (Å²) in [6, 6.07) is 20.2. The quantitative estimate of drug-likeness (QED) is 0.377. The van der Waals surface area contributed by atoms with E-state index in [1.54, 1.807) is 16.8 Å². The summed E-state index contributed by atoms with van der Waals surface area (Å²) in [5, 5.41) is 7.16. The number of aromatic nitrogens is 2. The maximum atomic E-state index is 12.1. The zero-order valence-electron chi connectivity index (χ0n) is 14.6. The third-order valence-corrected chi connectivity index (χ3v) is 3.52. The highest BCUT2D eigenvalue weighted by molar-refractivity contribution is 5.92. The molecule has 0 spiro atoms. The van der Waals surface area contributed by atoms with Gasteiger partial charge in [-0.2, -0.15) is 5.10 Å². The molecule has 1 aromatic heterocycles. The maximum Gasteiger partial charge on any atom is 0.337 e. The van der Waals surface area contributed by atoms with Gasteiger partial charge in [0.15, 0.2) is 0 Å². The number of aliphatic imine (C=N–C) groups is 1. The Labute approximate surface area is 151 Å². The molecule has 3 N–H and O–H groups in total. The molecule has 7 heteroatoms. The summed E-state index contributed by atoms with van der Waals surface area (Å²) in [4.78, 5) is 16.7. The number of carbonyl (C=O) groups is 1. The van der Waals surface area contributed by atoms with Crippen LogP contribution >= 0.6 is 0 Å². The van der Waals surface area contributed by atoms with Gasteiger partial charge in [0.25, 0.3) is 0 Å². The van der Waals surface area contributed by atoms with E-state index in [-0.39, 0.29) is 0 Å². The van der Waals surface area contributed by atoms with E-state index < -0.39 is 6.03 Å². The number of amides is 2. The fourth-order valence-electron chi connectivity index (χ4n) is 2.39. The molecule has 0 unspecified atom stereocenters. The molecule has 3 rings (SSSR count). The van der Waals surface area contributed by atoms with Gasteiger partial charge < -0.3 is 5.32 Å². The number of hydrazine groups is 1. The summed E-state index contributed by atoms with van der Waals surface area (Å²) >= 11 is 0. The number of carbonyl (C=O) groups excluding carboxylic acids is 1. The molecule has 0 aliphatic rings. The first kappa shape index (κ1) is 17.2. The molecule has 0 aliphatic carbocycles. The third kappa shape index (κ3) is 4.47. The number of hydrogen-bond acceptors (Lipinski definition) is 3. The second-order valence-corrected chi connectivity index (χ2v) is 5.68. The van der Waals surface area contributed by atoms with E-state index in [1.165, 1.54) is 0 Å². The van der Waals surface area contributed by atoms with E-state index in [9.17, 15) is 4.79 Å². The minimum Gasteiger partial charge on any atom is -0.307 e. The Balaban J connectivity index is 1.77. The van der Waals surface area contributed by atoms with Crippen LogP contribution in [-0.4, -0.2) is 21.8 Å². The van der Waals surface area contributed by atoms with E-state index in [1.807, 2.05) is 68.4 Å². The van der Waals surface area contributed by atoms with Crippen LogP contribution in [0.25, 0.3) is 0 Å². The molecule has 1 heterocycles. The van der Waals surface area contributed by atoms with Crippen LogP contribution < -0.4 is 16.2 Å². The monoisotopic (exact) mass is 348 g/mol. The molecule has 0 aliphatic heterocycles. The lowest BCUT2D eigenvalue weighted by Gasteiger charge is -2.13. The molecule has 0 radical (unpaired) electrons. The van der Waals surface area contributed by atoms with E-state index in [2.05, 4.69) is 26.3 Å². The lowest BCUT2D eigenvalue weighted by molar-refractivity contribution is 0.250. The largest absolute Gasteiger partial charge is 0.337 e. The number of aryl methyl sites for hydroxylation is 2. The lowest BCUT2D eigenvalue weighted by Crippen LogP contribution is -2.47. The first-order valence-corrected chi connectivity index (χ1v) is 8.17. The van der Waals surface area contributed by atoms with Crippen molar-refractivity contribution in [2.45, 2.75) is 13.8 Å². The average Bonchev–Trinajstić information content (AvgIpc) is 2.98. The normalized spacial score (nSPS) is 11.1. The molecule has 26 heavy (non-hydrogen) atoms. The fourth-order valence-corrected chi connectivity index (χ4v) is 2.39. The number of nitrogens with one attached hydrogen (secondary N) is 3. The first-order valence-electron chi connectivity index (χ1n) is 8.17. The highest BCUT2D eigenvalue weighted by Gasteiger charge is 2.10. The van der Waals surface area contributed by atoms with Crippen LogP contribution in [0.4, 0.5) is 16.2 Å². The minimum atomic E-state index is -0.404. The second kappa shape index (κ2) is 7.98. The van der Waals surface area contributed by atoms with Crippen LogP contribution in [0.1, 0.15) is 11.4 Å². The van der Waals surface area contributed by atoms with Gasteiger partial charge in [0.2, 0.25) is 5.96 Å². The number of anilines is 1. The molecule has 3 aromatic rings. The minimum absolute atomic E-state index is 0.394. The first-order chi connectivity index (χ1) is 12.6. The summed E-state index contributed by atoms with van der Waals surface area (Å²) < 4.78 is 1.64. The third-order valence-electron chi connectivity index (χ3n) is 3.52. The van der Waals surface area contributed by atoms with E-state index in [0.717, 1.165) is 17.1 Å². The van der Waals surface area contributed by atoms with Crippen LogP contribution in [-0.2, 0) is 0 Å². The summed E-state index contributed by atoms with van der Waals surface area (Å²) in [7, 11) is 0. The van der Waals surface area contributed by atoms with Crippen molar-refractivity contribution in [2.24, 2.45) is 4.99 Å². The molecule has 0 saturated carbocycles. The highest BCUT2D eigenvalue weighted by atomic mass is 16.2. The smallest absolute Gasteiger partial charge is 0.307 e. The Kier molecular flexibility index (Phi) is 5.28. The maximum absolute atomic E-state index is 12.1. The predicted molar refractivity (Wildman–Crippen MR) is 102 cm³/mol. The number of hydrogen-bond donors (Lipinski definition) is 3. The zero-order chi connectivity index (χ0) is 18.4. The van der Waals surface area contributed by atoms with Gasteiger partial charge >= 0.3 is 6.03 Å². The molecule has 0 bridgehead atoms. The average molecular weight is 348 g/mol. The molecule has 7 nitrogen and oxygen atoms in total. The number of nitrogens with zero attached hydrogens (tertiary/aromatic N) is 3. The molecule has 2 aromatic carbocycles. The predicted octanol–water partition coefficient (Wildman–Crippen LogP) is 3.36. The molecule has 0 saturated heterocycles. The van der Waals surface area contributed by atoms with Gasteiger partial charge in [-0.15, -0.1) is 0 Å². The number of urea groups is 1. The molecule has 0 atom stereocenters. The van der Waals surface area contributed by atoms with E-state index >= 15 is 0 Å². The Hall–Kier alpha value is -3.61. The Bertz CT molecular complexity index is 902.